The molecular formula is C19H15ClN4O6. The maximum atomic E-state index is 12.2. The number of anilines is 1. The number of non-ortho nitro benzene ring substituents is 1. The van der Waals surface area contributed by atoms with Crippen LogP contribution in [0.3, 0.4) is 0 Å². The van der Waals surface area contributed by atoms with Crippen LogP contribution >= 0.6 is 11.6 Å². The molecule has 0 fully saturated rings. The van der Waals surface area contributed by atoms with E-state index in [1.165, 1.54) is 30.5 Å². The van der Waals surface area contributed by atoms with Gasteiger partial charge in [-0.2, -0.15) is 5.10 Å². The zero-order chi connectivity index (χ0) is 21.8. The maximum absolute atomic E-state index is 12.2. The summed E-state index contributed by atoms with van der Waals surface area (Å²) in [4.78, 5) is 33.7. The largest absolute Gasteiger partial charge is 0.476 e. The van der Waals surface area contributed by atoms with Gasteiger partial charge in [0, 0.05) is 23.4 Å². The number of benzene rings is 2. The summed E-state index contributed by atoms with van der Waals surface area (Å²) in [5, 5.41) is 26.9. The minimum Gasteiger partial charge on any atom is -0.476 e. The first-order chi connectivity index (χ1) is 14.2. The second-order valence-electron chi connectivity index (χ2n) is 6.24. The van der Waals surface area contributed by atoms with Gasteiger partial charge >= 0.3 is 5.97 Å². The molecule has 0 spiro atoms. The fourth-order valence-electron chi connectivity index (χ4n) is 2.55. The van der Waals surface area contributed by atoms with Crippen LogP contribution in [-0.4, -0.2) is 31.7 Å². The van der Waals surface area contributed by atoms with Crippen molar-refractivity contribution in [2.24, 2.45) is 0 Å². The maximum Gasteiger partial charge on any atom is 0.356 e. The first-order valence-corrected chi connectivity index (χ1v) is 8.89. The van der Waals surface area contributed by atoms with Gasteiger partial charge < -0.3 is 15.2 Å². The van der Waals surface area contributed by atoms with E-state index >= 15 is 0 Å². The number of aromatic nitrogens is 2. The van der Waals surface area contributed by atoms with Crippen molar-refractivity contribution >= 4 is 34.9 Å². The number of carboxylic acid groups (broad SMARTS) is 1. The standard InChI is InChI=1S/C19H15ClN4O6/c1-11-6-14(2-3-16(11)20)30-15-8-12(7-13(9-15)24(28)29)21-18(25)10-23-5-4-17(22-23)19(26)27/h2-9H,10H2,1H3,(H,21,25)(H,26,27). The fourth-order valence-corrected chi connectivity index (χ4v) is 2.67. The predicted octanol–water partition coefficient (Wildman–Crippen LogP) is 3.88. The minimum absolute atomic E-state index is 0.139. The molecule has 3 aromatic rings. The number of rotatable bonds is 7. The lowest BCUT2D eigenvalue weighted by Crippen LogP contribution is -2.19. The molecule has 0 aliphatic carbocycles. The second-order valence-corrected chi connectivity index (χ2v) is 6.64. The minimum atomic E-state index is -1.22. The number of ether oxygens (including phenoxy) is 1. The molecule has 0 radical (unpaired) electrons. The molecule has 30 heavy (non-hydrogen) atoms. The van der Waals surface area contributed by atoms with Crippen LogP contribution in [0.1, 0.15) is 16.1 Å². The average molecular weight is 431 g/mol. The number of nitro groups is 1. The Kier molecular flexibility index (Phi) is 5.98. The van der Waals surface area contributed by atoms with Gasteiger partial charge in [0.1, 0.15) is 18.0 Å². The molecule has 154 valence electrons. The highest BCUT2D eigenvalue weighted by molar-refractivity contribution is 6.31. The summed E-state index contributed by atoms with van der Waals surface area (Å²) in [5.41, 5.74) is 0.432. The first-order valence-electron chi connectivity index (χ1n) is 8.51. The Morgan fingerprint density at radius 3 is 2.63 bits per heavy atom. The van der Waals surface area contributed by atoms with E-state index in [2.05, 4.69) is 10.4 Å². The monoisotopic (exact) mass is 430 g/mol. The number of halogens is 1. The van der Waals surface area contributed by atoms with Gasteiger partial charge in [-0.1, -0.05) is 11.6 Å². The molecule has 1 amide bonds. The molecule has 0 unspecified atom stereocenters. The van der Waals surface area contributed by atoms with Crippen molar-refractivity contribution < 1.29 is 24.4 Å². The molecule has 1 aromatic heterocycles. The average Bonchev–Trinajstić information content (AvgIpc) is 3.13. The van der Waals surface area contributed by atoms with Crippen LogP contribution in [-0.2, 0) is 11.3 Å². The van der Waals surface area contributed by atoms with Crippen molar-refractivity contribution in [3.63, 3.8) is 0 Å². The van der Waals surface area contributed by atoms with Gasteiger partial charge in [-0.25, -0.2) is 4.79 Å². The van der Waals surface area contributed by atoms with Crippen molar-refractivity contribution in [2.45, 2.75) is 13.5 Å². The number of hydrogen-bond donors (Lipinski definition) is 2. The summed E-state index contributed by atoms with van der Waals surface area (Å²) < 4.78 is 6.82. The lowest BCUT2D eigenvalue weighted by atomic mass is 10.2. The van der Waals surface area contributed by atoms with Crippen LogP contribution in [0.5, 0.6) is 11.5 Å². The molecule has 3 rings (SSSR count). The third kappa shape index (κ3) is 5.11. The zero-order valence-corrected chi connectivity index (χ0v) is 16.3. The molecule has 0 saturated heterocycles. The number of nitro benzene ring substituents is 1. The Bertz CT molecular complexity index is 1140. The summed E-state index contributed by atoms with van der Waals surface area (Å²) >= 11 is 5.99. The molecular weight excluding hydrogens is 416 g/mol. The highest BCUT2D eigenvalue weighted by atomic mass is 35.5. The van der Waals surface area contributed by atoms with E-state index in [-0.39, 0.29) is 29.4 Å². The number of nitrogens with zero attached hydrogens (tertiary/aromatic N) is 3. The normalized spacial score (nSPS) is 10.5. The molecule has 0 aliphatic rings. The Hall–Kier alpha value is -3.92. The lowest BCUT2D eigenvalue weighted by molar-refractivity contribution is -0.384. The molecule has 0 atom stereocenters. The van der Waals surface area contributed by atoms with Crippen molar-refractivity contribution in [1.82, 2.24) is 9.78 Å². The van der Waals surface area contributed by atoms with Crippen LogP contribution in [0.15, 0.2) is 48.7 Å². The van der Waals surface area contributed by atoms with Gasteiger partial charge in [0.15, 0.2) is 5.69 Å². The van der Waals surface area contributed by atoms with Crippen LogP contribution < -0.4 is 10.1 Å². The molecule has 0 aliphatic heterocycles. The summed E-state index contributed by atoms with van der Waals surface area (Å²) in [6.07, 6.45) is 1.34. The number of amides is 1. The first kappa shape index (κ1) is 20.8. The van der Waals surface area contributed by atoms with Crippen LogP contribution in [0.4, 0.5) is 11.4 Å². The smallest absolute Gasteiger partial charge is 0.356 e. The fraction of sp³-hybridized carbons (Fsp3) is 0.105. The van der Waals surface area contributed by atoms with E-state index < -0.39 is 16.8 Å². The second kappa shape index (κ2) is 8.62. The van der Waals surface area contributed by atoms with Gasteiger partial charge in [-0.15, -0.1) is 0 Å². The summed E-state index contributed by atoms with van der Waals surface area (Å²) in [7, 11) is 0. The Balaban J connectivity index is 1.79. The van der Waals surface area contributed by atoms with Crippen molar-refractivity contribution in [3.8, 4) is 11.5 Å². The van der Waals surface area contributed by atoms with E-state index in [4.69, 9.17) is 21.4 Å². The molecule has 2 aromatic carbocycles. The van der Waals surface area contributed by atoms with Gasteiger partial charge in [0.25, 0.3) is 5.69 Å². The number of carboxylic acids is 1. The number of carbonyl (C=O) groups is 2. The van der Waals surface area contributed by atoms with Gasteiger partial charge in [0.05, 0.1) is 16.7 Å². The highest BCUT2D eigenvalue weighted by Gasteiger charge is 2.15. The van der Waals surface area contributed by atoms with Crippen molar-refractivity contribution in [1.29, 1.82) is 0 Å². The number of hydrogen-bond acceptors (Lipinski definition) is 6. The summed E-state index contributed by atoms with van der Waals surface area (Å²) in [6, 6.07) is 10.0. The van der Waals surface area contributed by atoms with Crippen LogP contribution in [0.2, 0.25) is 5.02 Å². The van der Waals surface area contributed by atoms with E-state index in [1.54, 1.807) is 25.1 Å². The topological polar surface area (TPSA) is 137 Å². The number of carbonyl (C=O) groups excluding carboxylic acids is 1. The highest BCUT2D eigenvalue weighted by Crippen LogP contribution is 2.31. The Labute approximate surface area is 174 Å². The number of aryl methyl sites for hydroxylation is 1. The van der Waals surface area contributed by atoms with Crippen LogP contribution in [0.25, 0.3) is 0 Å². The zero-order valence-electron chi connectivity index (χ0n) is 15.5. The lowest BCUT2D eigenvalue weighted by Gasteiger charge is -2.10. The van der Waals surface area contributed by atoms with E-state index in [0.717, 1.165) is 10.2 Å². The summed E-state index contributed by atoms with van der Waals surface area (Å²) in [5.74, 6) is -1.20. The van der Waals surface area contributed by atoms with Crippen LogP contribution in [0, 0.1) is 17.0 Å². The van der Waals surface area contributed by atoms with E-state index in [9.17, 15) is 19.7 Å². The van der Waals surface area contributed by atoms with Gasteiger partial charge in [-0.05, 0) is 36.8 Å². The third-order valence-electron chi connectivity index (χ3n) is 3.92. The predicted molar refractivity (Wildman–Crippen MR) is 107 cm³/mol. The molecule has 0 saturated carbocycles. The quantitative estimate of drug-likeness (QED) is 0.428. The SMILES string of the molecule is Cc1cc(Oc2cc(NC(=O)Cn3ccc(C(=O)O)n3)cc([N+](=O)[O-])c2)ccc1Cl. The van der Waals surface area contributed by atoms with Gasteiger partial charge in [0.2, 0.25) is 5.91 Å². The third-order valence-corrected chi connectivity index (χ3v) is 4.34. The Morgan fingerprint density at radius 1 is 1.23 bits per heavy atom. The number of aromatic carboxylic acids is 1. The Morgan fingerprint density at radius 2 is 2.00 bits per heavy atom. The van der Waals surface area contributed by atoms with Crippen molar-refractivity contribution in [3.05, 3.63) is 75.1 Å². The van der Waals surface area contributed by atoms with E-state index in [1.807, 2.05) is 0 Å². The molecule has 10 nitrogen and oxygen atoms in total. The molecule has 1 heterocycles. The molecule has 2 N–H and O–H groups in total. The molecule has 11 heteroatoms. The number of nitrogens with one attached hydrogen (secondary N) is 1. The van der Waals surface area contributed by atoms with E-state index in [0.29, 0.717) is 10.8 Å². The van der Waals surface area contributed by atoms with Crippen molar-refractivity contribution in [2.75, 3.05) is 5.32 Å². The molecule has 0 bridgehead atoms. The van der Waals surface area contributed by atoms with Gasteiger partial charge in [-0.3, -0.25) is 19.6 Å². The summed E-state index contributed by atoms with van der Waals surface area (Å²) in [6.45, 7) is 1.52.